The monoisotopic (exact) mass is 343 g/mol. The maximum atomic E-state index is 12.6. The first kappa shape index (κ1) is 17.0. The van der Waals surface area contributed by atoms with E-state index in [4.69, 9.17) is 9.84 Å². The fraction of sp³-hybridized carbons (Fsp3) is 0.389. The van der Waals surface area contributed by atoms with E-state index in [0.29, 0.717) is 36.9 Å². The highest BCUT2D eigenvalue weighted by molar-refractivity contribution is 5.99. The summed E-state index contributed by atoms with van der Waals surface area (Å²) in [5.41, 5.74) is 1.97. The van der Waals surface area contributed by atoms with Gasteiger partial charge in [0.1, 0.15) is 5.75 Å². The van der Waals surface area contributed by atoms with Crippen LogP contribution in [0.1, 0.15) is 36.0 Å². The summed E-state index contributed by atoms with van der Waals surface area (Å²) in [6.07, 6.45) is 4.06. The van der Waals surface area contributed by atoms with E-state index in [-0.39, 0.29) is 17.9 Å². The average molecular weight is 343 g/mol. The van der Waals surface area contributed by atoms with Crippen LogP contribution in [0.15, 0.2) is 30.5 Å². The van der Waals surface area contributed by atoms with Crippen LogP contribution in [0, 0.1) is 5.92 Å². The Morgan fingerprint density at radius 3 is 2.48 bits per heavy atom. The van der Waals surface area contributed by atoms with E-state index in [1.807, 2.05) is 24.3 Å². The third kappa shape index (κ3) is 3.81. The minimum atomic E-state index is -0.749. The molecule has 1 heterocycles. The minimum Gasteiger partial charge on any atom is -0.497 e. The molecule has 3 N–H and O–H groups in total. The molecule has 0 unspecified atom stereocenters. The fourth-order valence-corrected chi connectivity index (χ4v) is 3.18. The summed E-state index contributed by atoms with van der Waals surface area (Å²) in [5.74, 6) is -0.499. The van der Waals surface area contributed by atoms with Crippen molar-refractivity contribution in [1.82, 2.24) is 15.5 Å². The number of nitrogens with zero attached hydrogens (tertiary/aromatic N) is 1. The van der Waals surface area contributed by atoms with Gasteiger partial charge in [-0.1, -0.05) is 0 Å². The third-order valence-corrected chi connectivity index (χ3v) is 4.67. The first-order valence-corrected chi connectivity index (χ1v) is 8.30. The van der Waals surface area contributed by atoms with Crippen molar-refractivity contribution in [1.29, 1.82) is 0 Å². The second-order valence-electron chi connectivity index (χ2n) is 6.25. The van der Waals surface area contributed by atoms with Gasteiger partial charge in [-0.2, -0.15) is 5.10 Å². The third-order valence-electron chi connectivity index (χ3n) is 4.67. The van der Waals surface area contributed by atoms with Crippen molar-refractivity contribution in [3.8, 4) is 17.0 Å². The van der Waals surface area contributed by atoms with Gasteiger partial charge in [0, 0.05) is 11.6 Å². The van der Waals surface area contributed by atoms with Crippen LogP contribution in [0.25, 0.3) is 11.3 Å². The Hall–Kier alpha value is -2.83. The summed E-state index contributed by atoms with van der Waals surface area (Å²) < 4.78 is 5.14. The van der Waals surface area contributed by atoms with Gasteiger partial charge >= 0.3 is 5.97 Å². The predicted octanol–water partition coefficient (Wildman–Crippen LogP) is 2.46. The molecule has 1 amide bonds. The lowest BCUT2D eigenvalue weighted by atomic mass is 9.86. The van der Waals surface area contributed by atoms with E-state index in [9.17, 15) is 9.59 Å². The topological polar surface area (TPSA) is 104 Å². The number of hydrogen-bond acceptors (Lipinski definition) is 4. The number of methoxy groups -OCH3 is 1. The molecule has 0 bridgehead atoms. The molecule has 0 atom stereocenters. The molecular formula is C18H21N3O4. The van der Waals surface area contributed by atoms with E-state index < -0.39 is 5.97 Å². The minimum absolute atomic E-state index is 0.00159. The molecule has 7 nitrogen and oxygen atoms in total. The van der Waals surface area contributed by atoms with Crippen LogP contribution in [-0.2, 0) is 4.79 Å². The molecule has 3 rings (SSSR count). The molecule has 132 valence electrons. The standard InChI is InChI=1S/C18H21N3O4/c1-25-14-8-4-11(5-9-14)16-15(10-19-21-16)17(22)20-13-6-2-12(3-7-13)18(23)24/h4-5,8-10,12-13H,2-3,6-7H2,1H3,(H,19,21)(H,20,22)(H,23,24). The molecule has 0 aliphatic heterocycles. The Morgan fingerprint density at radius 1 is 1.20 bits per heavy atom. The van der Waals surface area contributed by atoms with Gasteiger partial charge in [0.2, 0.25) is 0 Å². The van der Waals surface area contributed by atoms with Crippen LogP contribution in [0.3, 0.4) is 0 Å². The van der Waals surface area contributed by atoms with Crippen molar-refractivity contribution in [3.63, 3.8) is 0 Å². The van der Waals surface area contributed by atoms with Gasteiger partial charge < -0.3 is 15.2 Å². The molecule has 1 saturated carbocycles. The second kappa shape index (κ2) is 7.38. The van der Waals surface area contributed by atoms with Gasteiger partial charge in [0.25, 0.3) is 5.91 Å². The molecule has 2 aromatic rings. The average Bonchev–Trinajstić information content (AvgIpc) is 3.12. The fourth-order valence-electron chi connectivity index (χ4n) is 3.18. The number of aliphatic carboxylic acids is 1. The van der Waals surface area contributed by atoms with Gasteiger partial charge in [0.15, 0.2) is 0 Å². The van der Waals surface area contributed by atoms with E-state index >= 15 is 0 Å². The molecule has 25 heavy (non-hydrogen) atoms. The summed E-state index contributed by atoms with van der Waals surface area (Å²) in [7, 11) is 1.60. The van der Waals surface area contributed by atoms with E-state index in [1.54, 1.807) is 7.11 Å². The number of aromatic amines is 1. The van der Waals surface area contributed by atoms with Crippen molar-refractivity contribution in [3.05, 3.63) is 36.0 Å². The lowest BCUT2D eigenvalue weighted by Gasteiger charge is -2.26. The maximum absolute atomic E-state index is 12.6. The smallest absolute Gasteiger partial charge is 0.306 e. The number of amides is 1. The molecule has 1 aliphatic carbocycles. The summed E-state index contributed by atoms with van der Waals surface area (Å²) in [6.45, 7) is 0. The van der Waals surface area contributed by atoms with E-state index in [1.165, 1.54) is 6.20 Å². The number of H-pyrrole nitrogens is 1. The number of benzene rings is 1. The Bertz CT molecular complexity index is 746. The zero-order chi connectivity index (χ0) is 17.8. The first-order chi connectivity index (χ1) is 12.1. The number of carboxylic acids is 1. The molecule has 1 fully saturated rings. The highest BCUT2D eigenvalue weighted by atomic mass is 16.5. The molecule has 0 spiro atoms. The predicted molar refractivity (Wildman–Crippen MR) is 91.4 cm³/mol. The molecule has 1 aliphatic rings. The number of aromatic nitrogens is 2. The van der Waals surface area contributed by atoms with Crippen LogP contribution in [0.4, 0.5) is 0 Å². The highest BCUT2D eigenvalue weighted by Crippen LogP contribution is 2.26. The first-order valence-electron chi connectivity index (χ1n) is 8.30. The lowest BCUT2D eigenvalue weighted by molar-refractivity contribution is -0.142. The van der Waals surface area contributed by atoms with Gasteiger partial charge in [-0.3, -0.25) is 14.7 Å². The van der Waals surface area contributed by atoms with Crippen molar-refractivity contribution in [2.24, 2.45) is 5.92 Å². The molecule has 0 radical (unpaired) electrons. The highest BCUT2D eigenvalue weighted by Gasteiger charge is 2.27. The lowest BCUT2D eigenvalue weighted by Crippen LogP contribution is -2.38. The van der Waals surface area contributed by atoms with Gasteiger partial charge in [-0.25, -0.2) is 0 Å². The number of carbonyl (C=O) groups excluding carboxylic acids is 1. The Morgan fingerprint density at radius 2 is 1.88 bits per heavy atom. The summed E-state index contributed by atoms with van der Waals surface area (Å²) in [5, 5.41) is 18.9. The normalized spacial score (nSPS) is 20.0. The largest absolute Gasteiger partial charge is 0.497 e. The van der Waals surface area contributed by atoms with Crippen molar-refractivity contribution < 1.29 is 19.4 Å². The number of nitrogens with one attached hydrogen (secondary N) is 2. The van der Waals surface area contributed by atoms with Gasteiger partial charge in [-0.05, 0) is 49.9 Å². The van der Waals surface area contributed by atoms with Crippen LogP contribution in [0.5, 0.6) is 5.75 Å². The molecule has 1 aromatic heterocycles. The molecule has 1 aromatic carbocycles. The number of rotatable bonds is 5. The summed E-state index contributed by atoms with van der Waals surface area (Å²) in [6, 6.07) is 7.38. The zero-order valence-electron chi connectivity index (χ0n) is 14.0. The number of hydrogen-bond donors (Lipinski definition) is 3. The quantitative estimate of drug-likeness (QED) is 0.773. The van der Waals surface area contributed by atoms with Crippen molar-refractivity contribution >= 4 is 11.9 Å². The Balaban J connectivity index is 1.67. The van der Waals surface area contributed by atoms with Crippen LogP contribution < -0.4 is 10.1 Å². The van der Waals surface area contributed by atoms with Crippen molar-refractivity contribution in [2.45, 2.75) is 31.7 Å². The van der Waals surface area contributed by atoms with Gasteiger partial charge in [0.05, 0.1) is 30.5 Å². The maximum Gasteiger partial charge on any atom is 0.306 e. The number of carbonyl (C=O) groups is 2. The summed E-state index contributed by atoms with van der Waals surface area (Å²) >= 11 is 0. The SMILES string of the molecule is COc1ccc(-c2[nH]ncc2C(=O)NC2CCC(C(=O)O)CC2)cc1. The van der Waals surface area contributed by atoms with Crippen molar-refractivity contribution in [2.75, 3.05) is 7.11 Å². The Labute approximate surface area is 145 Å². The number of carboxylic acid groups (broad SMARTS) is 1. The van der Waals surface area contributed by atoms with E-state index in [0.717, 1.165) is 11.3 Å². The van der Waals surface area contributed by atoms with Crippen LogP contribution in [-0.4, -0.2) is 40.3 Å². The summed E-state index contributed by atoms with van der Waals surface area (Å²) in [4.78, 5) is 23.6. The van der Waals surface area contributed by atoms with Crippen LogP contribution >= 0.6 is 0 Å². The number of ether oxygens (including phenoxy) is 1. The van der Waals surface area contributed by atoms with E-state index in [2.05, 4.69) is 15.5 Å². The second-order valence-corrected chi connectivity index (χ2v) is 6.25. The van der Waals surface area contributed by atoms with Crippen LogP contribution in [0.2, 0.25) is 0 Å². The molecule has 0 saturated heterocycles. The Kier molecular flexibility index (Phi) is 5.02. The molecule has 7 heteroatoms. The molecular weight excluding hydrogens is 322 g/mol. The van der Waals surface area contributed by atoms with Gasteiger partial charge in [-0.15, -0.1) is 0 Å². The zero-order valence-corrected chi connectivity index (χ0v) is 14.0.